The first kappa shape index (κ1) is 14.9. The van der Waals surface area contributed by atoms with E-state index < -0.39 is 5.79 Å². The van der Waals surface area contributed by atoms with Gasteiger partial charge in [0.1, 0.15) is 0 Å². The molecule has 0 spiro atoms. The Balaban J connectivity index is 1.83. The van der Waals surface area contributed by atoms with Crippen LogP contribution in [-0.2, 0) is 9.47 Å². The molecule has 1 fully saturated rings. The fourth-order valence-electron chi connectivity index (χ4n) is 2.11. The van der Waals surface area contributed by atoms with Crippen molar-refractivity contribution in [2.45, 2.75) is 31.7 Å². The molecular weight excluding hydrogens is 260 g/mol. The Bertz CT molecular complexity index is 369. The molecule has 1 N–H and O–H groups in total. The standard InChI is InChI=1S/C14H24N2O2S/c1-14(2)17-9-11(10-18-14)15-8-12(16(3)4)13-6-5-7-19-13/h5-7,11-12,15H,8-10H2,1-4H3. The molecule has 1 aromatic heterocycles. The molecule has 108 valence electrons. The highest BCUT2D eigenvalue weighted by Crippen LogP contribution is 2.23. The predicted octanol–water partition coefficient (Wildman–Crippen LogP) is 2.09. The molecule has 2 rings (SSSR count). The van der Waals surface area contributed by atoms with Crippen molar-refractivity contribution in [1.82, 2.24) is 10.2 Å². The smallest absolute Gasteiger partial charge is 0.162 e. The zero-order valence-corrected chi connectivity index (χ0v) is 13.0. The molecule has 1 unspecified atom stereocenters. The van der Waals surface area contributed by atoms with E-state index in [0.29, 0.717) is 19.3 Å². The summed E-state index contributed by atoms with van der Waals surface area (Å²) in [5.41, 5.74) is 0. The van der Waals surface area contributed by atoms with Crippen LogP contribution in [0.4, 0.5) is 0 Å². The molecule has 2 heterocycles. The lowest BCUT2D eigenvalue weighted by Crippen LogP contribution is -2.50. The van der Waals surface area contributed by atoms with Gasteiger partial charge in [0.05, 0.1) is 25.3 Å². The molecular formula is C14H24N2O2S. The molecule has 4 nitrogen and oxygen atoms in total. The van der Waals surface area contributed by atoms with Crippen LogP contribution < -0.4 is 5.32 Å². The van der Waals surface area contributed by atoms with Gasteiger partial charge in [0.25, 0.3) is 0 Å². The van der Waals surface area contributed by atoms with E-state index in [1.807, 2.05) is 13.8 Å². The van der Waals surface area contributed by atoms with Crippen molar-refractivity contribution in [2.75, 3.05) is 33.9 Å². The van der Waals surface area contributed by atoms with Crippen LogP contribution in [0.5, 0.6) is 0 Å². The van der Waals surface area contributed by atoms with Crippen molar-refractivity contribution in [3.05, 3.63) is 22.4 Å². The van der Waals surface area contributed by atoms with E-state index in [9.17, 15) is 0 Å². The number of rotatable bonds is 5. The highest BCUT2D eigenvalue weighted by atomic mass is 32.1. The molecule has 1 atom stereocenters. The average molecular weight is 284 g/mol. The van der Waals surface area contributed by atoms with Gasteiger partial charge in [0, 0.05) is 11.4 Å². The van der Waals surface area contributed by atoms with E-state index in [2.05, 4.69) is 41.8 Å². The van der Waals surface area contributed by atoms with E-state index in [1.54, 1.807) is 11.3 Å². The molecule has 0 aromatic carbocycles. The van der Waals surface area contributed by atoms with E-state index in [1.165, 1.54) is 4.88 Å². The summed E-state index contributed by atoms with van der Waals surface area (Å²) in [7, 11) is 4.23. The molecule has 0 saturated carbocycles. The summed E-state index contributed by atoms with van der Waals surface area (Å²) in [5, 5.41) is 5.67. The third-order valence-electron chi connectivity index (χ3n) is 3.36. The second-order valence-electron chi connectivity index (χ2n) is 5.62. The third kappa shape index (κ3) is 4.26. The number of thiophene rings is 1. The first-order chi connectivity index (χ1) is 8.98. The Labute approximate surface area is 119 Å². The normalized spacial score (nSPS) is 21.7. The maximum atomic E-state index is 5.67. The van der Waals surface area contributed by atoms with Gasteiger partial charge >= 0.3 is 0 Å². The fourth-order valence-corrected chi connectivity index (χ4v) is 3.03. The number of nitrogens with one attached hydrogen (secondary N) is 1. The topological polar surface area (TPSA) is 33.7 Å². The lowest BCUT2D eigenvalue weighted by molar-refractivity contribution is -0.253. The molecule has 0 radical (unpaired) electrons. The second-order valence-corrected chi connectivity index (χ2v) is 6.60. The summed E-state index contributed by atoms with van der Waals surface area (Å²) in [6.07, 6.45) is 0. The summed E-state index contributed by atoms with van der Waals surface area (Å²) in [5.74, 6) is -0.438. The Hall–Kier alpha value is -0.460. The second kappa shape index (κ2) is 6.33. The van der Waals surface area contributed by atoms with Crippen molar-refractivity contribution >= 4 is 11.3 Å². The van der Waals surface area contributed by atoms with Crippen molar-refractivity contribution in [3.8, 4) is 0 Å². The summed E-state index contributed by atoms with van der Waals surface area (Å²) in [4.78, 5) is 3.63. The van der Waals surface area contributed by atoms with E-state index in [4.69, 9.17) is 9.47 Å². The Kier molecular flexibility index (Phi) is 4.97. The molecule has 0 aliphatic carbocycles. The lowest BCUT2D eigenvalue weighted by Gasteiger charge is -2.36. The van der Waals surface area contributed by atoms with E-state index >= 15 is 0 Å². The van der Waals surface area contributed by atoms with Crippen LogP contribution in [-0.4, -0.2) is 50.6 Å². The van der Waals surface area contributed by atoms with Gasteiger partial charge in [-0.15, -0.1) is 11.3 Å². The van der Waals surface area contributed by atoms with Crippen LogP contribution >= 0.6 is 11.3 Å². The Morgan fingerprint density at radius 1 is 1.42 bits per heavy atom. The van der Waals surface area contributed by atoms with Gasteiger partial charge in [-0.2, -0.15) is 0 Å². The zero-order valence-electron chi connectivity index (χ0n) is 12.2. The van der Waals surface area contributed by atoms with Crippen molar-refractivity contribution in [3.63, 3.8) is 0 Å². The van der Waals surface area contributed by atoms with Crippen molar-refractivity contribution in [2.24, 2.45) is 0 Å². The number of hydrogen-bond acceptors (Lipinski definition) is 5. The number of nitrogens with zero attached hydrogens (tertiary/aromatic N) is 1. The molecule has 19 heavy (non-hydrogen) atoms. The first-order valence-electron chi connectivity index (χ1n) is 6.69. The minimum Gasteiger partial charge on any atom is -0.349 e. The van der Waals surface area contributed by atoms with Crippen LogP contribution in [0.2, 0.25) is 0 Å². The van der Waals surface area contributed by atoms with Crippen LogP contribution in [0.15, 0.2) is 17.5 Å². The molecule has 1 aliphatic heterocycles. The SMILES string of the molecule is CN(C)C(CNC1COC(C)(C)OC1)c1cccs1. The van der Waals surface area contributed by atoms with Gasteiger partial charge in [-0.3, -0.25) is 0 Å². The minimum atomic E-state index is -0.438. The van der Waals surface area contributed by atoms with Gasteiger partial charge in [-0.1, -0.05) is 6.07 Å². The maximum absolute atomic E-state index is 5.67. The molecule has 1 aromatic rings. The average Bonchev–Trinajstić information content (AvgIpc) is 2.84. The van der Waals surface area contributed by atoms with Crippen LogP contribution in [0, 0.1) is 0 Å². The Morgan fingerprint density at radius 3 is 2.63 bits per heavy atom. The zero-order chi connectivity index (χ0) is 13.9. The largest absolute Gasteiger partial charge is 0.349 e. The fraction of sp³-hybridized carbons (Fsp3) is 0.714. The highest BCUT2D eigenvalue weighted by Gasteiger charge is 2.28. The summed E-state index contributed by atoms with van der Waals surface area (Å²) >= 11 is 1.80. The molecule has 1 aliphatic rings. The number of hydrogen-bond donors (Lipinski definition) is 1. The predicted molar refractivity (Wildman–Crippen MR) is 78.5 cm³/mol. The monoisotopic (exact) mass is 284 g/mol. The summed E-state index contributed by atoms with van der Waals surface area (Å²) in [6.45, 7) is 6.23. The van der Waals surface area contributed by atoms with Gasteiger partial charge in [0.2, 0.25) is 0 Å². The maximum Gasteiger partial charge on any atom is 0.162 e. The van der Waals surface area contributed by atoms with Gasteiger partial charge < -0.3 is 19.7 Å². The molecule has 1 saturated heterocycles. The lowest BCUT2D eigenvalue weighted by atomic mass is 10.2. The Morgan fingerprint density at radius 2 is 2.11 bits per heavy atom. The van der Waals surface area contributed by atoms with Gasteiger partial charge in [0.15, 0.2) is 5.79 Å². The van der Waals surface area contributed by atoms with Crippen molar-refractivity contribution < 1.29 is 9.47 Å². The summed E-state index contributed by atoms with van der Waals surface area (Å²) in [6, 6.07) is 4.96. The van der Waals surface area contributed by atoms with Gasteiger partial charge in [-0.05, 0) is 39.4 Å². The minimum absolute atomic E-state index is 0.274. The highest BCUT2D eigenvalue weighted by molar-refractivity contribution is 7.10. The van der Waals surface area contributed by atoms with Crippen LogP contribution in [0.25, 0.3) is 0 Å². The molecule has 5 heteroatoms. The van der Waals surface area contributed by atoms with E-state index in [0.717, 1.165) is 6.54 Å². The van der Waals surface area contributed by atoms with Crippen LogP contribution in [0.3, 0.4) is 0 Å². The number of ether oxygens (including phenoxy) is 2. The first-order valence-corrected chi connectivity index (χ1v) is 7.57. The number of likely N-dealkylation sites (N-methyl/N-ethyl adjacent to an activating group) is 1. The molecule has 0 amide bonds. The summed E-state index contributed by atoms with van der Waals surface area (Å²) < 4.78 is 11.3. The van der Waals surface area contributed by atoms with Crippen LogP contribution in [0.1, 0.15) is 24.8 Å². The van der Waals surface area contributed by atoms with E-state index in [-0.39, 0.29) is 6.04 Å². The molecule has 0 bridgehead atoms. The third-order valence-corrected chi connectivity index (χ3v) is 4.33. The quantitative estimate of drug-likeness (QED) is 0.898. The van der Waals surface area contributed by atoms with Gasteiger partial charge in [-0.25, -0.2) is 0 Å². The van der Waals surface area contributed by atoms with Crippen molar-refractivity contribution in [1.29, 1.82) is 0 Å².